The highest BCUT2D eigenvalue weighted by atomic mass is 79.9. The summed E-state index contributed by atoms with van der Waals surface area (Å²) >= 11 is 2.87. The summed E-state index contributed by atoms with van der Waals surface area (Å²) in [5.74, 6) is -1.53. The average Bonchev–Trinajstić information content (AvgIpc) is 2.82. The fourth-order valence-electron chi connectivity index (χ4n) is 1.41. The summed E-state index contributed by atoms with van der Waals surface area (Å²) in [7, 11) is -2.58. The molecule has 10 heteroatoms. The zero-order chi connectivity index (χ0) is 15.6. The Bertz CT molecular complexity index is 769. The van der Waals surface area contributed by atoms with Crippen LogP contribution in [0.4, 0.5) is 5.69 Å². The summed E-state index contributed by atoms with van der Waals surface area (Å²) in [6, 6.07) is 3.84. The van der Waals surface area contributed by atoms with Crippen LogP contribution in [0, 0.1) is 0 Å². The van der Waals surface area contributed by atoms with E-state index in [0.717, 1.165) is 6.07 Å². The van der Waals surface area contributed by atoms with Crippen molar-refractivity contribution in [2.45, 2.75) is 4.90 Å². The molecule has 0 amide bonds. The Kier molecular flexibility index (Phi) is 4.19. The van der Waals surface area contributed by atoms with E-state index in [-0.39, 0.29) is 15.3 Å². The summed E-state index contributed by atoms with van der Waals surface area (Å²) in [4.78, 5) is 14.3. The molecule has 0 radical (unpaired) electrons. The van der Waals surface area contributed by atoms with Gasteiger partial charge in [-0.1, -0.05) is 0 Å². The fourth-order valence-corrected chi connectivity index (χ4v) is 3.40. The van der Waals surface area contributed by atoms with Gasteiger partial charge >= 0.3 is 5.97 Å². The van der Waals surface area contributed by atoms with Crippen LogP contribution in [-0.2, 0) is 10.0 Å². The van der Waals surface area contributed by atoms with Crippen LogP contribution < -0.4 is 9.46 Å². The van der Waals surface area contributed by atoms with Gasteiger partial charge in [0, 0.05) is 12.1 Å². The minimum absolute atomic E-state index is 0.195. The summed E-state index contributed by atoms with van der Waals surface area (Å²) in [5.41, 5.74) is 0.195. The lowest BCUT2D eigenvalue weighted by atomic mass is 10.4. The van der Waals surface area contributed by atoms with Crippen LogP contribution in [0.5, 0.6) is 5.88 Å². The number of hydrogen-bond donors (Lipinski definition) is 2. The quantitative estimate of drug-likeness (QED) is 0.817. The van der Waals surface area contributed by atoms with E-state index in [2.05, 4.69) is 25.6 Å². The van der Waals surface area contributed by atoms with E-state index in [4.69, 9.17) is 14.3 Å². The molecule has 0 aliphatic carbocycles. The molecule has 0 fully saturated rings. The maximum Gasteiger partial charge on any atom is 0.371 e. The van der Waals surface area contributed by atoms with Gasteiger partial charge < -0.3 is 14.3 Å². The molecule has 0 unspecified atom stereocenters. The minimum Gasteiger partial charge on any atom is -0.481 e. The molecule has 8 nitrogen and oxygen atoms in total. The number of ether oxygens (including phenoxy) is 1. The summed E-state index contributed by atoms with van der Waals surface area (Å²) in [6.07, 6.45) is 1.27. The Balaban J connectivity index is 2.31. The van der Waals surface area contributed by atoms with Crippen molar-refractivity contribution in [3.8, 4) is 5.88 Å². The van der Waals surface area contributed by atoms with E-state index in [9.17, 15) is 13.2 Å². The van der Waals surface area contributed by atoms with Crippen molar-refractivity contribution >= 4 is 37.6 Å². The van der Waals surface area contributed by atoms with Gasteiger partial charge in [-0.2, -0.15) is 0 Å². The van der Waals surface area contributed by atoms with Crippen LogP contribution in [0.25, 0.3) is 0 Å². The molecule has 2 aromatic heterocycles. The molecule has 0 aliphatic heterocycles. The molecule has 0 saturated heterocycles. The second-order valence-corrected chi connectivity index (χ2v) is 6.12. The lowest BCUT2D eigenvalue weighted by Crippen LogP contribution is -2.13. The van der Waals surface area contributed by atoms with Gasteiger partial charge in [0.2, 0.25) is 11.6 Å². The van der Waals surface area contributed by atoms with Gasteiger partial charge in [0.25, 0.3) is 10.0 Å². The molecule has 0 spiro atoms. The molecule has 21 heavy (non-hydrogen) atoms. The number of furan rings is 1. The number of methoxy groups -OCH3 is 1. The van der Waals surface area contributed by atoms with E-state index in [1.54, 1.807) is 0 Å². The first-order chi connectivity index (χ1) is 9.83. The maximum atomic E-state index is 12.2. The number of hydrogen-bond acceptors (Lipinski definition) is 6. The van der Waals surface area contributed by atoms with E-state index >= 15 is 0 Å². The molecule has 2 rings (SSSR count). The Morgan fingerprint density at radius 2 is 2.19 bits per heavy atom. The predicted octanol–water partition coefficient (Wildman–Crippen LogP) is 1.94. The number of rotatable bonds is 5. The third-order valence-corrected chi connectivity index (χ3v) is 4.59. The number of nitrogens with zero attached hydrogens (tertiary/aromatic N) is 1. The topological polar surface area (TPSA) is 119 Å². The van der Waals surface area contributed by atoms with E-state index in [1.807, 2.05) is 0 Å². The molecule has 0 bridgehead atoms. The van der Waals surface area contributed by atoms with E-state index < -0.39 is 21.8 Å². The van der Waals surface area contributed by atoms with Crippen molar-refractivity contribution in [2.24, 2.45) is 0 Å². The van der Waals surface area contributed by atoms with Crippen LogP contribution in [0.1, 0.15) is 10.6 Å². The second-order valence-electron chi connectivity index (χ2n) is 3.75. The standard InChI is InChI=1S/C11H9BrN2O6S/c1-19-9-3-2-6(5-13-9)14-21(17,18)8-4-7(11(15)16)20-10(8)12/h2-5,14H,1H3,(H,15,16). The van der Waals surface area contributed by atoms with Crippen molar-refractivity contribution in [3.63, 3.8) is 0 Å². The highest BCUT2D eigenvalue weighted by Gasteiger charge is 2.25. The third kappa shape index (κ3) is 3.34. The largest absolute Gasteiger partial charge is 0.481 e. The highest BCUT2D eigenvalue weighted by Crippen LogP contribution is 2.28. The second kappa shape index (κ2) is 5.74. The maximum absolute atomic E-state index is 12.2. The van der Waals surface area contributed by atoms with Crippen molar-refractivity contribution in [2.75, 3.05) is 11.8 Å². The molecule has 2 aromatic rings. The monoisotopic (exact) mass is 376 g/mol. The van der Waals surface area contributed by atoms with Gasteiger partial charge in [-0.25, -0.2) is 18.2 Å². The summed E-state index contributed by atoms with van der Waals surface area (Å²) in [6.45, 7) is 0. The van der Waals surface area contributed by atoms with Gasteiger partial charge in [-0.05, 0) is 22.0 Å². The minimum atomic E-state index is -4.01. The number of carbonyl (C=O) groups is 1. The van der Waals surface area contributed by atoms with Crippen LogP contribution >= 0.6 is 15.9 Å². The fraction of sp³-hybridized carbons (Fsp3) is 0.0909. The van der Waals surface area contributed by atoms with Gasteiger partial charge in [-0.15, -0.1) is 0 Å². The van der Waals surface area contributed by atoms with E-state index in [0.29, 0.717) is 5.88 Å². The number of pyridine rings is 1. The third-order valence-electron chi connectivity index (χ3n) is 2.35. The van der Waals surface area contributed by atoms with Crippen molar-refractivity contribution < 1.29 is 27.5 Å². The van der Waals surface area contributed by atoms with Crippen molar-refractivity contribution in [1.82, 2.24) is 4.98 Å². The average molecular weight is 377 g/mol. The molecular formula is C11H9BrN2O6S. The zero-order valence-electron chi connectivity index (χ0n) is 10.5. The number of aromatic carboxylic acids is 1. The summed E-state index contributed by atoms with van der Waals surface area (Å²) in [5, 5.41) is 8.78. The van der Waals surface area contributed by atoms with Crippen LogP contribution in [-0.4, -0.2) is 31.6 Å². The zero-order valence-corrected chi connectivity index (χ0v) is 12.9. The lowest BCUT2D eigenvalue weighted by Gasteiger charge is -2.06. The van der Waals surface area contributed by atoms with Gasteiger partial charge in [-0.3, -0.25) is 4.72 Å². The van der Waals surface area contributed by atoms with E-state index in [1.165, 1.54) is 25.4 Å². The molecule has 112 valence electrons. The van der Waals surface area contributed by atoms with Gasteiger partial charge in [0.05, 0.1) is 19.0 Å². The molecule has 0 saturated carbocycles. The number of anilines is 1. The smallest absolute Gasteiger partial charge is 0.371 e. The normalized spacial score (nSPS) is 11.1. The Morgan fingerprint density at radius 1 is 1.48 bits per heavy atom. The summed E-state index contributed by atoms with van der Waals surface area (Å²) < 4.78 is 36.0. The van der Waals surface area contributed by atoms with Gasteiger partial charge in [0.1, 0.15) is 4.90 Å². The highest BCUT2D eigenvalue weighted by molar-refractivity contribution is 9.10. The Hall–Kier alpha value is -2.07. The Morgan fingerprint density at radius 3 is 2.67 bits per heavy atom. The Labute approximate surface area is 127 Å². The molecule has 2 heterocycles. The van der Waals surface area contributed by atoms with Gasteiger partial charge in [0.15, 0.2) is 4.67 Å². The molecule has 0 aliphatic rings. The number of halogens is 1. The van der Waals surface area contributed by atoms with Crippen molar-refractivity contribution in [1.29, 1.82) is 0 Å². The lowest BCUT2D eigenvalue weighted by molar-refractivity contribution is 0.0661. The number of sulfonamides is 1. The van der Waals surface area contributed by atoms with Crippen LogP contribution in [0.2, 0.25) is 0 Å². The first kappa shape index (κ1) is 15.3. The van der Waals surface area contributed by atoms with Crippen LogP contribution in [0.3, 0.4) is 0 Å². The number of carboxylic acid groups (broad SMARTS) is 1. The first-order valence-corrected chi connectivity index (χ1v) is 7.66. The molecule has 2 N–H and O–H groups in total. The molecule has 0 atom stereocenters. The SMILES string of the molecule is COc1ccc(NS(=O)(=O)c2cc(C(=O)O)oc2Br)cn1. The molecular weight excluding hydrogens is 368 g/mol. The number of aromatic nitrogens is 1. The predicted molar refractivity (Wildman–Crippen MR) is 75.0 cm³/mol. The van der Waals surface area contributed by atoms with Crippen LogP contribution in [0.15, 0.2) is 38.4 Å². The number of carboxylic acids is 1. The van der Waals surface area contributed by atoms with Crippen molar-refractivity contribution in [3.05, 3.63) is 34.8 Å². The number of nitrogens with one attached hydrogen (secondary N) is 1. The molecule has 0 aromatic carbocycles. The first-order valence-electron chi connectivity index (χ1n) is 5.39.